The van der Waals surface area contributed by atoms with Crippen LogP contribution in [0.5, 0.6) is 0 Å². The van der Waals surface area contributed by atoms with Gasteiger partial charge in [-0.2, -0.15) is 0 Å². The second-order valence-electron chi connectivity index (χ2n) is 17.2. The van der Waals surface area contributed by atoms with E-state index in [1.807, 2.05) is 11.3 Å². The van der Waals surface area contributed by atoms with Crippen molar-refractivity contribution >= 4 is 38.5 Å². The van der Waals surface area contributed by atoms with E-state index in [1.54, 1.807) is 0 Å². The van der Waals surface area contributed by atoms with Gasteiger partial charge in [0.05, 0.1) is 5.41 Å². The van der Waals surface area contributed by atoms with Gasteiger partial charge in [-0.15, -0.1) is 11.3 Å². The molecule has 1 aromatic heterocycles. The number of rotatable bonds is 7. The largest absolute Gasteiger partial charge is 0.310 e. The number of fused-ring (bicyclic) bond motifs is 8. The Hall–Kier alpha value is -7.26. The summed E-state index contributed by atoms with van der Waals surface area (Å²) in [4.78, 5) is 3.85. The molecule has 1 nitrogen and oxygen atoms in total. The molecule has 9 aromatic carbocycles. The average molecular weight is 810 g/mol. The second-order valence-corrected chi connectivity index (χ2v) is 18.3. The lowest BCUT2D eigenvalue weighted by molar-refractivity contribution is 0.667. The Morgan fingerprint density at radius 1 is 0.371 bits per heavy atom. The zero-order valence-electron chi connectivity index (χ0n) is 34.7. The Bertz CT molecular complexity index is 3250. The van der Waals surface area contributed by atoms with Crippen molar-refractivity contribution in [1.29, 1.82) is 0 Å². The summed E-state index contributed by atoms with van der Waals surface area (Å²) in [6, 6.07) is 83.1. The molecule has 2 aliphatic rings. The molecule has 12 rings (SSSR count). The molecule has 2 heteroatoms. The van der Waals surface area contributed by atoms with E-state index in [-0.39, 0.29) is 5.41 Å². The molecule has 0 spiro atoms. The van der Waals surface area contributed by atoms with Crippen LogP contribution in [0.15, 0.2) is 224 Å². The third-order valence-corrected chi connectivity index (χ3v) is 14.8. The highest BCUT2D eigenvalue weighted by atomic mass is 32.1. The van der Waals surface area contributed by atoms with Crippen molar-refractivity contribution in [3.63, 3.8) is 0 Å². The SMILES string of the molecule is CC1(C)c2cc(-c3ccc(N(c4ccc(-c5ccccc5)cc4)c4ccc5c(c4)C(c4ccccc4)(c4ccccc4)c4ccccc4-5)cc3)ccc2-c2sc3ccccc3c21. The molecule has 10 aromatic rings. The number of benzene rings is 9. The molecule has 0 fully saturated rings. The standard InChI is InChI=1S/C60H43NS/c1-59(2)54-38-43(30-36-51(54)58-57(59)52-23-13-15-25-56(52)62-58)42-28-33-47(34-29-42)61(46-31-26-41(27-32-46)40-16-6-3-7-17-40)48-35-37-50-49-22-12-14-24-53(49)60(55(50)39-48,44-18-8-4-9-19-44)45-20-10-5-11-21-45/h3-39H,1-2H3. The first kappa shape index (κ1) is 36.6. The van der Waals surface area contributed by atoms with Crippen LogP contribution in [0, 0.1) is 0 Å². The van der Waals surface area contributed by atoms with E-state index in [1.165, 1.54) is 87.3 Å². The number of thiophene rings is 1. The van der Waals surface area contributed by atoms with E-state index in [9.17, 15) is 0 Å². The lowest BCUT2D eigenvalue weighted by Crippen LogP contribution is -2.28. The normalized spacial score (nSPS) is 13.9. The molecule has 0 saturated carbocycles. The Morgan fingerprint density at radius 3 is 1.55 bits per heavy atom. The quantitative estimate of drug-likeness (QED) is 0.155. The van der Waals surface area contributed by atoms with Crippen LogP contribution < -0.4 is 4.90 Å². The first-order chi connectivity index (χ1) is 30.5. The van der Waals surface area contributed by atoms with Gasteiger partial charge in [-0.05, 0) is 126 Å². The summed E-state index contributed by atoms with van der Waals surface area (Å²) >= 11 is 1.93. The van der Waals surface area contributed by atoms with Crippen LogP contribution in [0.1, 0.15) is 47.2 Å². The minimum absolute atomic E-state index is 0.0785. The molecule has 0 aliphatic heterocycles. The van der Waals surface area contributed by atoms with Crippen molar-refractivity contribution in [2.45, 2.75) is 24.7 Å². The maximum absolute atomic E-state index is 2.46. The molecule has 1 heterocycles. The summed E-state index contributed by atoms with van der Waals surface area (Å²) in [7, 11) is 0. The summed E-state index contributed by atoms with van der Waals surface area (Å²) in [6.07, 6.45) is 0. The summed E-state index contributed by atoms with van der Waals surface area (Å²) in [5.74, 6) is 0. The van der Waals surface area contributed by atoms with E-state index in [2.05, 4.69) is 243 Å². The summed E-state index contributed by atoms with van der Waals surface area (Å²) in [5.41, 5.74) is 19.6. The molecule has 0 atom stereocenters. The van der Waals surface area contributed by atoms with Gasteiger partial charge in [0, 0.05) is 32.1 Å². The Kier molecular flexibility index (Phi) is 8.36. The number of hydrogen-bond acceptors (Lipinski definition) is 2. The van der Waals surface area contributed by atoms with Crippen molar-refractivity contribution in [1.82, 2.24) is 0 Å². The van der Waals surface area contributed by atoms with Crippen molar-refractivity contribution in [2.75, 3.05) is 4.90 Å². The summed E-state index contributed by atoms with van der Waals surface area (Å²) in [5, 5.41) is 1.39. The van der Waals surface area contributed by atoms with E-state index >= 15 is 0 Å². The molecular weight excluding hydrogens is 767 g/mol. The topological polar surface area (TPSA) is 3.24 Å². The highest BCUT2D eigenvalue weighted by Gasteiger charge is 2.46. The Morgan fingerprint density at radius 2 is 0.871 bits per heavy atom. The van der Waals surface area contributed by atoms with Crippen molar-refractivity contribution < 1.29 is 0 Å². The van der Waals surface area contributed by atoms with Gasteiger partial charge in [0.15, 0.2) is 0 Å². The van der Waals surface area contributed by atoms with E-state index in [4.69, 9.17) is 0 Å². The van der Waals surface area contributed by atoms with Gasteiger partial charge >= 0.3 is 0 Å². The van der Waals surface area contributed by atoms with Crippen LogP contribution in [0.3, 0.4) is 0 Å². The fraction of sp³-hybridized carbons (Fsp3) is 0.0667. The first-order valence-corrected chi connectivity index (χ1v) is 22.4. The number of nitrogens with zero attached hydrogens (tertiary/aromatic N) is 1. The van der Waals surface area contributed by atoms with Crippen LogP contribution in [-0.2, 0) is 10.8 Å². The second kappa shape index (κ2) is 14.2. The third kappa shape index (κ3) is 5.46. The zero-order valence-corrected chi connectivity index (χ0v) is 35.5. The first-order valence-electron chi connectivity index (χ1n) is 21.6. The van der Waals surface area contributed by atoms with Crippen LogP contribution in [0.2, 0.25) is 0 Å². The average Bonchev–Trinajstić information content (AvgIpc) is 3.94. The molecule has 0 amide bonds. The monoisotopic (exact) mass is 809 g/mol. The molecule has 294 valence electrons. The van der Waals surface area contributed by atoms with Crippen LogP contribution >= 0.6 is 11.3 Å². The van der Waals surface area contributed by atoms with Gasteiger partial charge in [0.25, 0.3) is 0 Å². The van der Waals surface area contributed by atoms with Crippen LogP contribution in [-0.4, -0.2) is 0 Å². The minimum atomic E-state index is -0.492. The van der Waals surface area contributed by atoms with Crippen LogP contribution in [0.4, 0.5) is 17.1 Å². The van der Waals surface area contributed by atoms with Crippen LogP contribution in [0.25, 0.3) is 53.9 Å². The van der Waals surface area contributed by atoms with Gasteiger partial charge in [-0.1, -0.05) is 190 Å². The lowest BCUT2D eigenvalue weighted by Gasteiger charge is -2.35. The predicted octanol–water partition coefficient (Wildman–Crippen LogP) is 16.4. The number of anilines is 3. The molecule has 0 saturated heterocycles. The summed E-state index contributed by atoms with van der Waals surface area (Å²) in [6.45, 7) is 4.79. The van der Waals surface area contributed by atoms with Gasteiger partial charge in [-0.3, -0.25) is 0 Å². The van der Waals surface area contributed by atoms with E-state index in [0.29, 0.717) is 0 Å². The molecule has 0 radical (unpaired) electrons. The predicted molar refractivity (Wildman–Crippen MR) is 262 cm³/mol. The van der Waals surface area contributed by atoms with Gasteiger partial charge < -0.3 is 4.90 Å². The van der Waals surface area contributed by atoms with Crippen molar-refractivity contribution in [3.05, 3.63) is 258 Å². The fourth-order valence-corrected chi connectivity index (χ4v) is 12.1. The highest BCUT2D eigenvalue weighted by Crippen LogP contribution is 2.58. The van der Waals surface area contributed by atoms with Crippen molar-refractivity contribution in [3.8, 4) is 43.8 Å². The highest BCUT2D eigenvalue weighted by molar-refractivity contribution is 7.22. The Balaban J connectivity index is 1.00. The fourth-order valence-electron chi connectivity index (χ4n) is 10.7. The molecule has 0 N–H and O–H groups in total. The Labute approximate surface area is 367 Å². The van der Waals surface area contributed by atoms with Gasteiger partial charge in [-0.25, -0.2) is 0 Å². The molecular formula is C60H43NS. The molecule has 0 unspecified atom stereocenters. The maximum atomic E-state index is 2.46. The summed E-state index contributed by atoms with van der Waals surface area (Å²) < 4.78 is 1.37. The maximum Gasteiger partial charge on any atom is 0.0714 e. The molecule has 0 bridgehead atoms. The molecule has 62 heavy (non-hydrogen) atoms. The van der Waals surface area contributed by atoms with Gasteiger partial charge in [0.2, 0.25) is 0 Å². The van der Waals surface area contributed by atoms with E-state index in [0.717, 1.165) is 17.1 Å². The minimum Gasteiger partial charge on any atom is -0.310 e. The van der Waals surface area contributed by atoms with Crippen molar-refractivity contribution in [2.24, 2.45) is 0 Å². The molecule has 2 aliphatic carbocycles. The van der Waals surface area contributed by atoms with E-state index < -0.39 is 5.41 Å². The number of hydrogen-bond donors (Lipinski definition) is 0. The smallest absolute Gasteiger partial charge is 0.0714 e. The zero-order chi connectivity index (χ0) is 41.4. The van der Waals surface area contributed by atoms with Gasteiger partial charge in [0.1, 0.15) is 0 Å². The third-order valence-electron chi connectivity index (χ3n) is 13.5. The lowest BCUT2D eigenvalue weighted by atomic mass is 9.67.